The molecule has 2 N–H and O–H groups in total. The van der Waals surface area contributed by atoms with Crippen molar-refractivity contribution in [3.05, 3.63) is 84.1 Å². The van der Waals surface area contributed by atoms with Crippen molar-refractivity contribution in [3.63, 3.8) is 0 Å². The minimum Gasteiger partial charge on any atom is -0.493 e. The van der Waals surface area contributed by atoms with E-state index in [2.05, 4.69) is 42.7 Å². The van der Waals surface area contributed by atoms with Gasteiger partial charge in [0.1, 0.15) is 0 Å². The summed E-state index contributed by atoms with van der Waals surface area (Å²) >= 11 is 5.47. The zero-order valence-electron chi connectivity index (χ0n) is 19.0. The van der Waals surface area contributed by atoms with Gasteiger partial charge in [-0.1, -0.05) is 6.07 Å². The van der Waals surface area contributed by atoms with Crippen LogP contribution in [0.1, 0.15) is 11.1 Å². The van der Waals surface area contributed by atoms with Crippen molar-refractivity contribution < 1.29 is 9.47 Å². The van der Waals surface area contributed by atoms with Crippen molar-refractivity contribution in [1.29, 1.82) is 0 Å². The fourth-order valence-electron chi connectivity index (χ4n) is 3.66. The smallest absolute Gasteiger partial charge is 0.175 e. The van der Waals surface area contributed by atoms with Gasteiger partial charge >= 0.3 is 0 Å². The van der Waals surface area contributed by atoms with Gasteiger partial charge in [-0.3, -0.25) is 0 Å². The van der Waals surface area contributed by atoms with E-state index >= 15 is 0 Å². The molecule has 0 aliphatic rings. The molecular formula is C26H26N4O2S. The summed E-state index contributed by atoms with van der Waals surface area (Å²) in [4.78, 5) is 0. The van der Waals surface area contributed by atoms with Gasteiger partial charge < -0.3 is 20.1 Å². The average molecular weight is 459 g/mol. The Bertz CT molecular complexity index is 1260. The predicted molar refractivity (Wildman–Crippen MR) is 138 cm³/mol. The van der Waals surface area contributed by atoms with Crippen LogP contribution in [0.25, 0.3) is 16.9 Å². The van der Waals surface area contributed by atoms with Crippen molar-refractivity contribution in [2.75, 3.05) is 24.9 Å². The maximum absolute atomic E-state index is 5.47. The number of rotatable bonds is 6. The minimum atomic E-state index is 0.544. The molecule has 168 valence electrons. The summed E-state index contributed by atoms with van der Waals surface area (Å²) < 4.78 is 12.6. The molecule has 1 aromatic heterocycles. The SMILES string of the molecule is COc1ccc(-c2ccn(-c3ccc(NC(=S)Nc4cc(C)cc(C)c4)cc3)n2)cc1OC. The van der Waals surface area contributed by atoms with Gasteiger partial charge in [-0.05, 0) is 97.9 Å². The van der Waals surface area contributed by atoms with E-state index in [9.17, 15) is 0 Å². The first-order chi connectivity index (χ1) is 15.9. The number of methoxy groups -OCH3 is 2. The molecule has 0 bridgehead atoms. The van der Waals surface area contributed by atoms with Crippen LogP contribution in [0.5, 0.6) is 11.5 Å². The monoisotopic (exact) mass is 458 g/mol. The Morgan fingerprint density at radius 1 is 0.788 bits per heavy atom. The number of aryl methyl sites for hydroxylation is 2. The first-order valence-corrected chi connectivity index (χ1v) is 10.9. The summed E-state index contributed by atoms with van der Waals surface area (Å²) in [6.45, 7) is 4.14. The molecule has 1 heterocycles. The summed E-state index contributed by atoms with van der Waals surface area (Å²) in [5.41, 5.74) is 6.99. The first kappa shape index (κ1) is 22.4. The van der Waals surface area contributed by atoms with E-state index in [0.29, 0.717) is 16.6 Å². The summed E-state index contributed by atoms with van der Waals surface area (Å²) in [5, 5.41) is 11.7. The number of nitrogens with zero attached hydrogens (tertiary/aromatic N) is 2. The zero-order valence-corrected chi connectivity index (χ0v) is 19.9. The van der Waals surface area contributed by atoms with E-state index in [4.69, 9.17) is 26.8 Å². The van der Waals surface area contributed by atoms with Gasteiger partial charge in [-0.2, -0.15) is 5.10 Å². The van der Waals surface area contributed by atoms with Crippen molar-refractivity contribution in [2.45, 2.75) is 13.8 Å². The molecule has 3 aromatic carbocycles. The van der Waals surface area contributed by atoms with Crippen LogP contribution in [0.4, 0.5) is 11.4 Å². The van der Waals surface area contributed by atoms with E-state index in [1.54, 1.807) is 14.2 Å². The number of aromatic nitrogens is 2. The Balaban J connectivity index is 1.44. The largest absolute Gasteiger partial charge is 0.493 e. The quantitative estimate of drug-likeness (QED) is 0.347. The van der Waals surface area contributed by atoms with E-state index in [-0.39, 0.29) is 0 Å². The third-order valence-electron chi connectivity index (χ3n) is 5.14. The van der Waals surface area contributed by atoms with Gasteiger partial charge in [-0.25, -0.2) is 4.68 Å². The highest BCUT2D eigenvalue weighted by Crippen LogP contribution is 2.31. The lowest BCUT2D eigenvalue weighted by atomic mass is 10.1. The first-order valence-electron chi connectivity index (χ1n) is 10.5. The minimum absolute atomic E-state index is 0.544. The Kier molecular flexibility index (Phi) is 6.60. The number of hydrogen-bond donors (Lipinski definition) is 2. The van der Waals surface area contributed by atoms with E-state index in [0.717, 1.165) is 28.3 Å². The van der Waals surface area contributed by atoms with Crippen LogP contribution in [0.2, 0.25) is 0 Å². The zero-order chi connectivity index (χ0) is 23.4. The molecule has 0 saturated heterocycles. The lowest BCUT2D eigenvalue weighted by Crippen LogP contribution is -2.19. The summed E-state index contributed by atoms with van der Waals surface area (Å²) in [6.07, 6.45) is 1.93. The molecule has 0 atom stereocenters. The highest BCUT2D eigenvalue weighted by Gasteiger charge is 2.09. The predicted octanol–water partition coefficient (Wildman–Crippen LogP) is 5.98. The van der Waals surface area contributed by atoms with Crippen LogP contribution in [-0.2, 0) is 0 Å². The average Bonchev–Trinajstić information content (AvgIpc) is 3.28. The van der Waals surface area contributed by atoms with Gasteiger partial charge in [0.2, 0.25) is 0 Å². The fourth-order valence-corrected chi connectivity index (χ4v) is 3.89. The van der Waals surface area contributed by atoms with Crippen LogP contribution in [-0.4, -0.2) is 29.1 Å². The highest BCUT2D eigenvalue weighted by molar-refractivity contribution is 7.80. The third kappa shape index (κ3) is 5.32. The maximum Gasteiger partial charge on any atom is 0.175 e. The van der Waals surface area contributed by atoms with Crippen molar-refractivity contribution >= 4 is 28.7 Å². The summed E-state index contributed by atoms with van der Waals surface area (Å²) in [7, 11) is 3.25. The second kappa shape index (κ2) is 9.75. The number of hydrogen-bond acceptors (Lipinski definition) is 4. The van der Waals surface area contributed by atoms with Crippen LogP contribution in [0, 0.1) is 13.8 Å². The Hall–Kier alpha value is -3.84. The van der Waals surface area contributed by atoms with Gasteiger partial charge in [0.05, 0.1) is 25.6 Å². The molecule has 6 nitrogen and oxygen atoms in total. The molecule has 0 saturated carbocycles. The number of ether oxygens (including phenoxy) is 2. The topological polar surface area (TPSA) is 60.3 Å². The Morgan fingerprint density at radius 3 is 2.12 bits per heavy atom. The second-order valence-corrected chi connectivity index (χ2v) is 8.13. The van der Waals surface area contributed by atoms with Gasteiger partial charge in [-0.15, -0.1) is 0 Å². The molecule has 0 aliphatic carbocycles. The lowest BCUT2D eigenvalue weighted by Gasteiger charge is -2.12. The number of thiocarbonyl (C=S) groups is 1. The molecule has 4 aromatic rings. The molecule has 4 rings (SSSR count). The third-order valence-corrected chi connectivity index (χ3v) is 5.34. The van der Waals surface area contributed by atoms with E-state index < -0.39 is 0 Å². The summed E-state index contributed by atoms with van der Waals surface area (Å²) in [6, 6.07) is 21.9. The molecule has 0 fully saturated rings. The molecule has 0 spiro atoms. The van der Waals surface area contributed by atoms with Crippen molar-refractivity contribution in [2.24, 2.45) is 0 Å². The van der Waals surface area contributed by atoms with Crippen molar-refractivity contribution in [1.82, 2.24) is 9.78 Å². The molecule has 0 unspecified atom stereocenters. The number of nitrogens with one attached hydrogen (secondary N) is 2. The van der Waals surface area contributed by atoms with Gasteiger partial charge in [0, 0.05) is 23.1 Å². The molecule has 0 aliphatic heterocycles. The Labute approximate surface area is 199 Å². The second-order valence-electron chi connectivity index (χ2n) is 7.72. The standard InChI is InChI=1S/C26H26N4O2S/c1-17-13-18(2)15-21(14-17)28-26(33)27-20-6-8-22(9-7-20)30-12-11-23(29-30)19-5-10-24(31-3)25(16-19)32-4/h5-16H,1-4H3,(H2,27,28,33). The van der Waals surface area contributed by atoms with Crippen LogP contribution in [0.3, 0.4) is 0 Å². The van der Waals surface area contributed by atoms with E-state index in [1.165, 1.54) is 11.1 Å². The normalized spacial score (nSPS) is 10.5. The van der Waals surface area contributed by atoms with Crippen molar-refractivity contribution in [3.8, 4) is 28.4 Å². The molecule has 0 radical (unpaired) electrons. The van der Waals surface area contributed by atoms with Crippen LogP contribution < -0.4 is 20.1 Å². The maximum atomic E-state index is 5.47. The Morgan fingerprint density at radius 2 is 1.45 bits per heavy atom. The molecule has 0 amide bonds. The molecule has 33 heavy (non-hydrogen) atoms. The van der Waals surface area contributed by atoms with E-state index in [1.807, 2.05) is 59.4 Å². The van der Waals surface area contributed by atoms with Gasteiger partial charge in [0.15, 0.2) is 16.6 Å². The molecule has 7 heteroatoms. The number of anilines is 2. The lowest BCUT2D eigenvalue weighted by molar-refractivity contribution is 0.355. The fraction of sp³-hybridized carbons (Fsp3) is 0.154. The van der Waals surface area contributed by atoms with Gasteiger partial charge in [0.25, 0.3) is 0 Å². The highest BCUT2D eigenvalue weighted by atomic mass is 32.1. The van der Waals surface area contributed by atoms with Crippen LogP contribution in [0.15, 0.2) is 72.9 Å². The molecular weight excluding hydrogens is 432 g/mol. The van der Waals surface area contributed by atoms with Crippen LogP contribution >= 0.6 is 12.2 Å². The summed E-state index contributed by atoms with van der Waals surface area (Å²) in [5.74, 6) is 1.36. The number of benzene rings is 3.